The molecule has 1 nitrogen and oxygen atoms in total. The first-order valence-electron chi connectivity index (χ1n) is 2.17. The molecule has 1 rings (SSSR count). The van der Waals surface area contributed by atoms with E-state index in [1.807, 2.05) is 12.3 Å². The molecule has 0 aliphatic rings. The Balaban J connectivity index is 2.84. The molecule has 0 amide bonds. The summed E-state index contributed by atoms with van der Waals surface area (Å²) in [6, 6.07) is 0. The number of thiazole rings is 1. The highest BCUT2D eigenvalue weighted by molar-refractivity contribution is 8.02. The lowest BCUT2D eigenvalue weighted by Gasteiger charge is -1.78. The predicted molar refractivity (Wildman–Crippen MR) is 38.1 cm³/mol. The molecule has 0 bridgehead atoms. The van der Waals surface area contributed by atoms with Crippen LogP contribution in [0, 0.1) is 13.2 Å². The molecule has 0 saturated carbocycles. The van der Waals surface area contributed by atoms with Gasteiger partial charge in [0.25, 0.3) is 0 Å². The lowest BCUT2D eigenvalue weighted by Crippen LogP contribution is -1.66. The van der Waals surface area contributed by atoms with Gasteiger partial charge in [-0.2, -0.15) is 0 Å². The standard InChI is InChI=1S/C5H6NS2/c1-4-3-8-5(6-4)7-2/h3H,2H2,1H3. The average Bonchev–Trinajstić information content (AvgIpc) is 2.14. The zero-order chi connectivity index (χ0) is 5.98. The van der Waals surface area contributed by atoms with Gasteiger partial charge in [-0.15, -0.1) is 11.3 Å². The highest BCUT2D eigenvalue weighted by Gasteiger charge is 1.92. The monoisotopic (exact) mass is 144 g/mol. The van der Waals surface area contributed by atoms with Gasteiger partial charge in [0, 0.05) is 17.3 Å². The summed E-state index contributed by atoms with van der Waals surface area (Å²) in [5.74, 6) is 0. The minimum atomic E-state index is 1.04. The molecule has 0 aliphatic heterocycles. The molecular weight excluding hydrogens is 138 g/mol. The Morgan fingerprint density at radius 1 is 1.88 bits per heavy atom. The Kier molecular flexibility index (Phi) is 1.91. The van der Waals surface area contributed by atoms with Crippen molar-refractivity contribution >= 4 is 23.1 Å². The molecule has 0 saturated heterocycles. The van der Waals surface area contributed by atoms with E-state index in [0.717, 1.165) is 10.0 Å². The van der Waals surface area contributed by atoms with Gasteiger partial charge < -0.3 is 0 Å². The number of hydrogen-bond donors (Lipinski definition) is 0. The zero-order valence-corrected chi connectivity index (χ0v) is 6.18. The SMILES string of the molecule is [CH2]Sc1nc(C)cs1. The van der Waals surface area contributed by atoms with Crippen molar-refractivity contribution in [3.05, 3.63) is 17.3 Å². The minimum Gasteiger partial charge on any atom is -0.235 e. The molecule has 8 heavy (non-hydrogen) atoms. The van der Waals surface area contributed by atoms with Crippen molar-refractivity contribution in [1.82, 2.24) is 4.98 Å². The van der Waals surface area contributed by atoms with Crippen LogP contribution in [0.3, 0.4) is 0 Å². The molecule has 1 aromatic rings. The average molecular weight is 144 g/mol. The molecule has 0 spiro atoms. The van der Waals surface area contributed by atoms with Crippen LogP contribution in [-0.4, -0.2) is 4.98 Å². The molecule has 1 radical (unpaired) electrons. The van der Waals surface area contributed by atoms with Gasteiger partial charge in [-0.1, -0.05) is 11.8 Å². The molecular formula is C5H6NS2. The molecule has 0 fully saturated rings. The smallest absolute Gasteiger partial charge is 0.150 e. The molecule has 0 atom stereocenters. The summed E-state index contributed by atoms with van der Waals surface area (Å²) in [5.41, 5.74) is 1.08. The van der Waals surface area contributed by atoms with Crippen LogP contribution in [0.15, 0.2) is 9.72 Å². The van der Waals surface area contributed by atoms with E-state index in [1.165, 1.54) is 11.8 Å². The van der Waals surface area contributed by atoms with Gasteiger partial charge in [-0.05, 0) is 6.92 Å². The summed E-state index contributed by atoms with van der Waals surface area (Å²) >= 11 is 3.09. The van der Waals surface area contributed by atoms with E-state index >= 15 is 0 Å². The van der Waals surface area contributed by atoms with E-state index in [4.69, 9.17) is 0 Å². The van der Waals surface area contributed by atoms with Gasteiger partial charge in [-0.3, -0.25) is 0 Å². The molecule has 1 aromatic heterocycles. The van der Waals surface area contributed by atoms with Crippen molar-refractivity contribution in [2.75, 3.05) is 0 Å². The minimum absolute atomic E-state index is 1.04. The Bertz CT molecular complexity index is 171. The van der Waals surface area contributed by atoms with Crippen LogP contribution in [0.5, 0.6) is 0 Å². The number of rotatable bonds is 1. The first-order chi connectivity index (χ1) is 3.83. The maximum absolute atomic E-state index is 4.15. The van der Waals surface area contributed by atoms with Crippen molar-refractivity contribution < 1.29 is 0 Å². The van der Waals surface area contributed by atoms with Crippen molar-refractivity contribution in [2.24, 2.45) is 0 Å². The van der Waals surface area contributed by atoms with Crippen LogP contribution in [0.4, 0.5) is 0 Å². The van der Waals surface area contributed by atoms with Crippen LogP contribution in [0.1, 0.15) is 5.69 Å². The molecule has 0 aromatic carbocycles. The maximum atomic E-state index is 4.15. The first-order valence-corrected chi connectivity index (χ1v) is 4.03. The second kappa shape index (κ2) is 2.51. The third-order valence-corrected chi connectivity index (χ3v) is 2.45. The highest BCUT2D eigenvalue weighted by atomic mass is 32.2. The lowest BCUT2D eigenvalue weighted by atomic mass is 10.6. The fourth-order valence-corrected chi connectivity index (χ4v) is 1.54. The van der Waals surface area contributed by atoms with Gasteiger partial charge in [0.2, 0.25) is 0 Å². The van der Waals surface area contributed by atoms with Crippen LogP contribution >= 0.6 is 23.1 Å². The quantitative estimate of drug-likeness (QED) is 0.561. The molecule has 43 valence electrons. The predicted octanol–water partition coefficient (Wildman–Crippen LogP) is 2.34. The number of nitrogens with zero attached hydrogens (tertiary/aromatic N) is 1. The van der Waals surface area contributed by atoms with E-state index in [1.54, 1.807) is 11.3 Å². The molecule has 0 unspecified atom stereocenters. The summed E-state index contributed by atoms with van der Waals surface area (Å²) in [7, 11) is 0. The van der Waals surface area contributed by atoms with E-state index in [0.29, 0.717) is 0 Å². The van der Waals surface area contributed by atoms with Gasteiger partial charge in [0.05, 0.1) is 0 Å². The van der Waals surface area contributed by atoms with E-state index < -0.39 is 0 Å². The van der Waals surface area contributed by atoms with Crippen molar-refractivity contribution in [3.63, 3.8) is 0 Å². The molecule has 0 aliphatic carbocycles. The molecule has 0 N–H and O–H groups in total. The molecule has 1 heterocycles. The Hall–Kier alpha value is -0.0200. The van der Waals surface area contributed by atoms with Crippen LogP contribution in [-0.2, 0) is 0 Å². The number of aryl methyl sites for hydroxylation is 1. The van der Waals surface area contributed by atoms with Crippen LogP contribution < -0.4 is 0 Å². The number of thioether (sulfide) groups is 1. The van der Waals surface area contributed by atoms with Crippen molar-refractivity contribution in [1.29, 1.82) is 0 Å². The van der Waals surface area contributed by atoms with Gasteiger partial charge >= 0.3 is 0 Å². The summed E-state index contributed by atoms with van der Waals surface area (Å²) in [6.07, 6.45) is 3.63. The van der Waals surface area contributed by atoms with E-state index in [2.05, 4.69) is 11.2 Å². The summed E-state index contributed by atoms with van der Waals surface area (Å²) in [6.45, 7) is 1.98. The topological polar surface area (TPSA) is 12.9 Å². The zero-order valence-electron chi connectivity index (χ0n) is 4.55. The normalized spacial score (nSPS) is 9.75. The lowest BCUT2D eigenvalue weighted by molar-refractivity contribution is 1.16. The second-order valence-electron chi connectivity index (χ2n) is 1.40. The highest BCUT2D eigenvalue weighted by Crippen LogP contribution is 2.19. The van der Waals surface area contributed by atoms with E-state index in [-0.39, 0.29) is 0 Å². The second-order valence-corrected chi connectivity index (χ2v) is 3.19. The summed E-state index contributed by atoms with van der Waals surface area (Å²) < 4.78 is 1.04. The summed E-state index contributed by atoms with van der Waals surface area (Å²) in [4.78, 5) is 4.15. The van der Waals surface area contributed by atoms with Gasteiger partial charge in [-0.25, -0.2) is 4.98 Å². The Labute approximate surface area is 57.1 Å². The van der Waals surface area contributed by atoms with Crippen molar-refractivity contribution in [3.8, 4) is 0 Å². The Morgan fingerprint density at radius 2 is 2.62 bits per heavy atom. The Morgan fingerprint density at radius 3 is 2.88 bits per heavy atom. The van der Waals surface area contributed by atoms with Crippen LogP contribution in [0.2, 0.25) is 0 Å². The van der Waals surface area contributed by atoms with Crippen molar-refractivity contribution in [2.45, 2.75) is 11.3 Å². The maximum Gasteiger partial charge on any atom is 0.150 e. The summed E-state index contributed by atoms with van der Waals surface area (Å²) in [5, 5.41) is 2.02. The van der Waals surface area contributed by atoms with E-state index in [9.17, 15) is 0 Å². The van der Waals surface area contributed by atoms with Gasteiger partial charge in [0.1, 0.15) is 4.34 Å². The van der Waals surface area contributed by atoms with Crippen LogP contribution in [0.25, 0.3) is 0 Å². The largest absolute Gasteiger partial charge is 0.235 e. The third-order valence-electron chi connectivity index (χ3n) is 0.721. The molecule has 3 heteroatoms. The van der Waals surface area contributed by atoms with Gasteiger partial charge in [0.15, 0.2) is 0 Å². The first kappa shape index (κ1) is 6.11. The fourth-order valence-electron chi connectivity index (χ4n) is 0.399. The third kappa shape index (κ3) is 1.23. The number of aromatic nitrogens is 1. The fraction of sp³-hybridized carbons (Fsp3) is 0.200. The number of hydrogen-bond acceptors (Lipinski definition) is 3.